The van der Waals surface area contributed by atoms with Crippen LogP contribution in [0.5, 0.6) is 11.5 Å². The number of benzene rings is 3. The van der Waals surface area contributed by atoms with Crippen LogP contribution in [0.2, 0.25) is 0 Å². The molecule has 0 radical (unpaired) electrons. The predicted molar refractivity (Wildman–Crippen MR) is 159 cm³/mol. The molecule has 1 atom stereocenters. The third-order valence-electron chi connectivity index (χ3n) is 6.72. The molecule has 1 aromatic heterocycles. The number of ether oxygens (including phenoxy) is 2. The van der Waals surface area contributed by atoms with E-state index in [-0.39, 0.29) is 11.5 Å². The topological polar surface area (TPSA) is 81.9 Å². The standard InChI is InChI=1S/C32H29N3O4S/c1-20-11-8-9-15-24(20)34-30(36)28-21(2)33-32-35(29(28)23-17-18-25(38-3)26(19-23)39-4)31(37)27(40-32)16-10-14-22-12-6-5-7-13-22/h5-19,29H,1-4H3,(H,34,36)/b14-10?,27-16+. The lowest BCUT2D eigenvalue weighted by atomic mass is 9.94. The summed E-state index contributed by atoms with van der Waals surface area (Å²) >= 11 is 1.29. The average Bonchev–Trinajstić information content (AvgIpc) is 3.27. The highest BCUT2D eigenvalue weighted by Gasteiger charge is 2.33. The summed E-state index contributed by atoms with van der Waals surface area (Å²) in [4.78, 5) is 32.9. The Bertz CT molecular complexity index is 1820. The molecule has 3 aromatic carbocycles. The molecule has 0 aliphatic carbocycles. The van der Waals surface area contributed by atoms with E-state index in [2.05, 4.69) is 5.32 Å². The van der Waals surface area contributed by atoms with E-state index >= 15 is 0 Å². The van der Waals surface area contributed by atoms with Crippen LogP contribution >= 0.6 is 11.3 Å². The summed E-state index contributed by atoms with van der Waals surface area (Å²) < 4.78 is 13.1. The van der Waals surface area contributed by atoms with Gasteiger partial charge in [0.2, 0.25) is 0 Å². The van der Waals surface area contributed by atoms with Gasteiger partial charge in [0.1, 0.15) is 0 Å². The zero-order chi connectivity index (χ0) is 28.2. The Balaban J connectivity index is 1.65. The number of nitrogens with one attached hydrogen (secondary N) is 1. The fraction of sp³-hybridized carbons (Fsp3) is 0.156. The molecule has 0 spiro atoms. The van der Waals surface area contributed by atoms with E-state index < -0.39 is 6.04 Å². The molecule has 4 aromatic rings. The third-order valence-corrected chi connectivity index (χ3v) is 7.72. The maximum absolute atomic E-state index is 13.8. The molecule has 7 nitrogen and oxygen atoms in total. The minimum absolute atomic E-state index is 0.227. The number of methoxy groups -OCH3 is 2. The Hall–Kier alpha value is -4.69. The Morgan fingerprint density at radius 1 is 0.975 bits per heavy atom. The normalized spacial score (nSPS) is 15.1. The molecule has 0 fully saturated rings. The zero-order valence-electron chi connectivity index (χ0n) is 22.7. The Labute approximate surface area is 236 Å². The number of aromatic nitrogens is 1. The van der Waals surface area contributed by atoms with Gasteiger partial charge in [-0.1, -0.05) is 78.1 Å². The number of nitrogens with zero attached hydrogens (tertiary/aromatic N) is 2. The molecule has 40 heavy (non-hydrogen) atoms. The number of para-hydroxylation sites is 1. The van der Waals surface area contributed by atoms with Gasteiger partial charge < -0.3 is 14.8 Å². The Morgan fingerprint density at radius 2 is 1.70 bits per heavy atom. The summed E-state index contributed by atoms with van der Waals surface area (Å²) in [6.07, 6.45) is 5.58. The second-order valence-electron chi connectivity index (χ2n) is 9.26. The van der Waals surface area contributed by atoms with Crippen LogP contribution in [0.1, 0.15) is 29.7 Å². The van der Waals surface area contributed by atoms with Gasteiger partial charge in [-0.3, -0.25) is 14.2 Å². The van der Waals surface area contributed by atoms with Crippen LogP contribution in [0.4, 0.5) is 5.69 Å². The molecule has 1 N–H and O–H groups in total. The van der Waals surface area contributed by atoms with Gasteiger partial charge in [0, 0.05) is 5.69 Å². The largest absolute Gasteiger partial charge is 0.493 e. The summed E-state index contributed by atoms with van der Waals surface area (Å²) in [5.74, 6) is 0.728. The molecule has 8 heteroatoms. The summed E-state index contributed by atoms with van der Waals surface area (Å²) in [7, 11) is 3.12. The van der Waals surface area contributed by atoms with Crippen molar-refractivity contribution in [3.8, 4) is 11.5 Å². The first-order valence-electron chi connectivity index (χ1n) is 12.7. The number of amides is 1. The van der Waals surface area contributed by atoms with Crippen LogP contribution in [0, 0.1) is 6.92 Å². The van der Waals surface area contributed by atoms with E-state index in [9.17, 15) is 9.59 Å². The summed E-state index contributed by atoms with van der Waals surface area (Å²) in [6, 6.07) is 22.1. The van der Waals surface area contributed by atoms with Gasteiger partial charge >= 0.3 is 0 Å². The third kappa shape index (κ3) is 5.26. The molecule has 1 amide bonds. The summed E-state index contributed by atoms with van der Waals surface area (Å²) in [5.41, 5.74) is 4.06. The minimum Gasteiger partial charge on any atom is -0.493 e. The highest BCUT2D eigenvalue weighted by Crippen LogP contribution is 2.36. The summed E-state index contributed by atoms with van der Waals surface area (Å²) in [6.45, 7) is 3.73. The lowest BCUT2D eigenvalue weighted by Crippen LogP contribution is -2.40. The minimum atomic E-state index is -0.722. The number of rotatable bonds is 7. The predicted octanol–water partition coefficient (Wildman–Crippen LogP) is 4.86. The van der Waals surface area contributed by atoms with E-state index in [0.717, 1.165) is 11.1 Å². The van der Waals surface area contributed by atoms with E-state index in [4.69, 9.17) is 14.5 Å². The number of carbonyl (C=O) groups excluding carboxylic acids is 1. The van der Waals surface area contributed by atoms with Crippen molar-refractivity contribution in [2.75, 3.05) is 19.5 Å². The lowest BCUT2D eigenvalue weighted by Gasteiger charge is -2.26. The second kappa shape index (κ2) is 11.6. The first kappa shape index (κ1) is 26.9. The van der Waals surface area contributed by atoms with Crippen molar-refractivity contribution in [2.45, 2.75) is 19.9 Å². The molecule has 0 bridgehead atoms. The number of anilines is 1. The first-order chi connectivity index (χ1) is 19.4. The van der Waals surface area contributed by atoms with Gasteiger partial charge in [0.15, 0.2) is 16.3 Å². The van der Waals surface area contributed by atoms with Crippen molar-refractivity contribution in [3.05, 3.63) is 127 Å². The number of hydrogen-bond acceptors (Lipinski definition) is 6. The molecule has 0 saturated heterocycles. The maximum atomic E-state index is 13.8. The number of aryl methyl sites for hydroxylation is 1. The van der Waals surface area contributed by atoms with Gasteiger partial charge in [-0.25, -0.2) is 4.99 Å². The van der Waals surface area contributed by atoms with Crippen molar-refractivity contribution < 1.29 is 14.3 Å². The van der Waals surface area contributed by atoms with Crippen LogP contribution in [0.25, 0.3) is 12.2 Å². The zero-order valence-corrected chi connectivity index (χ0v) is 23.5. The van der Waals surface area contributed by atoms with Crippen LogP contribution in [-0.2, 0) is 4.79 Å². The van der Waals surface area contributed by atoms with E-state index in [1.807, 2.05) is 79.7 Å². The molecular weight excluding hydrogens is 522 g/mol. The summed E-state index contributed by atoms with van der Waals surface area (Å²) in [5, 5.41) is 3.03. The van der Waals surface area contributed by atoms with Crippen molar-refractivity contribution in [3.63, 3.8) is 0 Å². The highest BCUT2D eigenvalue weighted by molar-refractivity contribution is 7.07. The molecule has 1 aliphatic heterocycles. The number of hydrogen-bond donors (Lipinski definition) is 1. The molecule has 5 rings (SSSR count). The van der Waals surface area contributed by atoms with E-state index in [0.29, 0.717) is 43.4 Å². The molecule has 2 heterocycles. The fourth-order valence-electron chi connectivity index (χ4n) is 4.68. The maximum Gasteiger partial charge on any atom is 0.271 e. The van der Waals surface area contributed by atoms with Gasteiger partial charge in [-0.05, 0) is 54.8 Å². The van der Waals surface area contributed by atoms with Crippen molar-refractivity contribution in [1.29, 1.82) is 0 Å². The van der Waals surface area contributed by atoms with Crippen molar-refractivity contribution in [1.82, 2.24) is 4.57 Å². The van der Waals surface area contributed by atoms with Gasteiger partial charge in [-0.15, -0.1) is 0 Å². The molecule has 202 valence electrons. The number of allylic oxidation sites excluding steroid dienone is 2. The quantitative estimate of drug-likeness (QED) is 0.356. The van der Waals surface area contributed by atoms with Crippen LogP contribution in [0.3, 0.4) is 0 Å². The number of carbonyl (C=O) groups is 1. The van der Waals surface area contributed by atoms with Crippen LogP contribution in [0.15, 0.2) is 99.9 Å². The van der Waals surface area contributed by atoms with Crippen LogP contribution < -0.4 is 29.7 Å². The molecular formula is C32H29N3O4S. The van der Waals surface area contributed by atoms with Crippen molar-refractivity contribution in [2.24, 2.45) is 4.99 Å². The van der Waals surface area contributed by atoms with E-state index in [1.54, 1.807) is 43.9 Å². The first-order valence-corrected chi connectivity index (χ1v) is 13.6. The lowest BCUT2D eigenvalue weighted by molar-refractivity contribution is -0.113. The van der Waals surface area contributed by atoms with Gasteiger partial charge in [0.25, 0.3) is 11.5 Å². The van der Waals surface area contributed by atoms with Crippen LogP contribution in [-0.4, -0.2) is 24.7 Å². The monoisotopic (exact) mass is 551 g/mol. The SMILES string of the molecule is COc1ccc(C2C(C(=O)Nc3ccccc3C)=C(C)N=c3s/c(=C/C=Cc4ccccc4)c(=O)n32)cc1OC. The second-order valence-corrected chi connectivity index (χ2v) is 10.3. The molecule has 0 saturated carbocycles. The molecule has 1 unspecified atom stereocenters. The fourth-order valence-corrected chi connectivity index (χ4v) is 5.68. The highest BCUT2D eigenvalue weighted by atomic mass is 32.1. The number of thiazole rings is 1. The van der Waals surface area contributed by atoms with Gasteiger partial charge in [-0.2, -0.15) is 0 Å². The van der Waals surface area contributed by atoms with E-state index in [1.165, 1.54) is 11.3 Å². The Kier molecular flexibility index (Phi) is 7.79. The Morgan fingerprint density at radius 3 is 2.42 bits per heavy atom. The smallest absolute Gasteiger partial charge is 0.271 e. The average molecular weight is 552 g/mol. The van der Waals surface area contributed by atoms with Crippen molar-refractivity contribution >= 4 is 35.1 Å². The number of fused-ring (bicyclic) bond motifs is 1. The molecule has 1 aliphatic rings. The van der Waals surface area contributed by atoms with Gasteiger partial charge in [0.05, 0.1) is 36.1 Å².